The van der Waals surface area contributed by atoms with Gasteiger partial charge in [-0.05, 0) is 31.6 Å². The SMILES string of the molecule is CCC(C)C(NC(=O)C(C)NC(=O)C(N)C(C)C)C(=O)N1CCCC1C(=O)O. The Balaban J connectivity index is 2.85. The Morgan fingerprint density at radius 2 is 1.71 bits per heavy atom. The molecule has 28 heavy (non-hydrogen) atoms. The minimum Gasteiger partial charge on any atom is -0.480 e. The Morgan fingerprint density at radius 1 is 1.11 bits per heavy atom. The molecule has 0 aromatic carbocycles. The van der Waals surface area contributed by atoms with Crippen molar-refractivity contribution < 1.29 is 24.3 Å². The van der Waals surface area contributed by atoms with Gasteiger partial charge in [-0.15, -0.1) is 0 Å². The third-order valence-corrected chi connectivity index (χ3v) is 5.37. The molecular formula is C19H34N4O5. The van der Waals surface area contributed by atoms with E-state index in [0.717, 1.165) is 0 Å². The summed E-state index contributed by atoms with van der Waals surface area (Å²) in [6.07, 6.45) is 1.65. The molecule has 9 heteroatoms. The van der Waals surface area contributed by atoms with Crippen LogP contribution in [0.4, 0.5) is 0 Å². The maximum atomic E-state index is 13.0. The standard InChI is InChI=1S/C19H34N4O5/c1-6-11(4)15(18(26)23-9-7-8-13(23)19(27)28)22-16(24)12(5)21-17(25)14(20)10(2)3/h10-15H,6-9,20H2,1-5H3,(H,21,25)(H,22,24)(H,27,28). The van der Waals surface area contributed by atoms with Crippen LogP contribution < -0.4 is 16.4 Å². The van der Waals surface area contributed by atoms with Gasteiger partial charge in [0.2, 0.25) is 17.7 Å². The van der Waals surface area contributed by atoms with Gasteiger partial charge in [0.15, 0.2) is 0 Å². The number of likely N-dealkylation sites (tertiary alicyclic amines) is 1. The first kappa shape index (κ1) is 23.9. The van der Waals surface area contributed by atoms with E-state index in [1.54, 1.807) is 0 Å². The lowest BCUT2D eigenvalue weighted by Gasteiger charge is -2.31. The molecular weight excluding hydrogens is 364 g/mol. The summed E-state index contributed by atoms with van der Waals surface area (Å²) in [7, 11) is 0. The Morgan fingerprint density at radius 3 is 2.21 bits per heavy atom. The number of hydrogen-bond donors (Lipinski definition) is 4. The third kappa shape index (κ3) is 5.92. The zero-order chi connectivity index (χ0) is 21.6. The van der Waals surface area contributed by atoms with Crippen LogP contribution in [0.2, 0.25) is 0 Å². The number of carbonyl (C=O) groups is 4. The lowest BCUT2D eigenvalue weighted by Crippen LogP contribution is -2.58. The molecule has 5 unspecified atom stereocenters. The molecule has 1 heterocycles. The van der Waals surface area contributed by atoms with Gasteiger partial charge in [-0.3, -0.25) is 14.4 Å². The fourth-order valence-electron chi connectivity index (χ4n) is 3.11. The van der Waals surface area contributed by atoms with Crippen molar-refractivity contribution in [3.05, 3.63) is 0 Å². The molecule has 1 aliphatic heterocycles. The predicted molar refractivity (Wildman–Crippen MR) is 104 cm³/mol. The van der Waals surface area contributed by atoms with E-state index in [0.29, 0.717) is 25.8 Å². The van der Waals surface area contributed by atoms with Gasteiger partial charge in [0.1, 0.15) is 18.1 Å². The molecule has 1 aliphatic rings. The molecule has 3 amide bonds. The number of carbonyl (C=O) groups excluding carboxylic acids is 3. The topological polar surface area (TPSA) is 142 Å². The zero-order valence-electron chi connectivity index (χ0n) is 17.4. The predicted octanol–water partition coefficient (Wildman–Crippen LogP) is 0.0809. The number of amides is 3. The van der Waals surface area contributed by atoms with Gasteiger partial charge >= 0.3 is 5.97 Å². The molecule has 0 aromatic rings. The molecule has 0 radical (unpaired) electrons. The van der Waals surface area contributed by atoms with Crippen molar-refractivity contribution in [1.29, 1.82) is 0 Å². The highest BCUT2D eigenvalue weighted by Crippen LogP contribution is 2.21. The van der Waals surface area contributed by atoms with Crippen LogP contribution in [0.25, 0.3) is 0 Å². The molecule has 0 aliphatic carbocycles. The number of carboxylic acids is 1. The summed E-state index contributed by atoms with van der Waals surface area (Å²) >= 11 is 0. The maximum absolute atomic E-state index is 13.0. The fraction of sp³-hybridized carbons (Fsp3) is 0.789. The molecule has 0 saturated carbocycles. The van der Waals surface area contributed by atoms with Crippen molar-refractivity contribution in [3.8, 4) is 0 Å². The molecule has 160 valence electrons. The summed E-state index contributed by atoms with van der Waals surface area (Å²) in [5.74, 6) is -2.64. The highest BCUT2D eigenvalue weighted by atomic mass is 16.4. The molecule has 1 fully saturated rings. The zero-order valence-corrected chi connectivity index (χ0v) is 17.4. The highest BCUT2D eigenvalue weighted by Gasteiger charge is 2.39. The number of rotatable bonds is 9. The van der Waals surface area contributed by atoms with Gasteiger partial charge in [0.25, 0.3) is 0 Å². The van der Waals surface area contributed by atoms with E-state index in [-0.39, 0.29) is 11.8 Å². The molecule has 0 aromatic heterocycles. The minimum absolute atomic E-state index is 0.0761. The van der Waals surface area contributed by atoms with Crippen LogP contribution >= 0.6 is 0 Å². The van der Waals surface area contributed by atoms with Gasteiger partial charge in [0, 0.05) is 6.54 Å². The average molecular weight is 399 g/mol. The van der Waals surface area contributed by atoms with Crippen molar-refractivity contribution in [1.82, 2.24) is 15.5 Å². The first-order chi connectivity index (χ1) is 13.0. The van der Waals surface area contributed by atoms with E-state index >= 15 is 0 Å². The van der Waals surface area contributed by atoms with E-state index in [9.17, 15) is 24.3 Å². The quantitative estimate of drug-likeness (QED) is 0.433. The lowest BCUT2D eigenvalue weighted by atomic mass is 9.97. The second-order valence-corrected chi connectivity index (χ2v) is 7.90. The van der Waals surface area contributed by atoms with E-state index in [4.69, 9.17) is 5.73 Å². The first-order valence-electron chi connectivity index (χ1n) is 9.90. The van der Waals surface area contributed by atoms with Crippen LogP contribution in [-0.2, 0) is 19.2 Å². The fourth-order valence-corrected chi connectivity index (χ4v) is 3.11. The Bertz CT molecular complexity index is 595. The van der Waals surface area contributed by atoms with Crippen molar-refractivity contribution in [2.45, 2.75) is 78.0 Å². The molecule has 5 N–H and O–H groups in total. The monoisotopic (exact) mass is 398 g/mol. The van der Waals surface area contributed by atoms with Crippen molar-refractivity contribution in [2.75, 3.05) is 6.54 Å². The normalized spacial score (nSPS) is 21.0. The van der Waals surface area contributed by atoms with E-state index in [1.807, 2.05) is 27.7 Å². The lowest BCUT2D eigenvalue weighted by molar-refractivity contribution is -0.150. The van der Waals surface area contributed by atoms with Crippen molar-refractivity contribution in [2.24, 2.45) is 17.6 Å². The van der Waals surface area contributed by atoms with Gasteiger partial charge in [-0.25, -0.2) is 4.79 Å². The van der Waals surface area contributed by atoms with E-state index in [1.165, 1.54) is 11.8 Å². The first-order valence-corrected chi connectivity index (χ1v) is 9.90. The van der Waals surface area contributed by atoms with Crippen LogP contribution in [0.15, 0.2) is 0 Å². The van der Waals surface area contributed by atoms with Crippen LogP contribution in [0, 0.1) is 11.8 Å². The van der Waals surface area contributed by atoms with Crippen LogP contribution in [-0.4, -0.2) is 64.4 Å². The van der Waals surface area contributed by atoms with Crippen LogP contribution in [0.3, 0.4) is 0 Å². The Labute approximate surface area is 166 Å². The second kappa shape index (κ2) is 10.4. The number of carboxylic acid groups (broad SMARTS) is 1. The third-order valence-electron chi connectivity index (χ3n) is 5.37. The summed E-state index contributed by atoms with van der Waals surface area (Å²) in [5.41, 5.74) is 5.79. The van der Waals surface area contributed by atoms with Gasteiger partial charge in [0.05, 0.1) is 6.04 Å². The van der Waals surface area contributed by atoms with Crippen molar-refractivity contribution >= 4 is 23.7 Å². The van der Waals surface area contributed by atoms with Gasteiger partial charge in [-0.1, -0.05) is 34.1 Å². The molecule has 0 spiro atoms. The highest BCUT2D eigenvalue weighted by molar-refractivity contribution is 5.94. The summed E-state index contributed by atoms with van der Waals surface area (Å²) < 4.78 is 0. The number of nitrogens with zero attached hydrogens (tertiary/aromatic N) is 1. The smallest absolute Gasteiger partial charge is 0.326 e. The van der Waals surface area contributed by atoms with E-state index < -0.39 is 47.9 Å². The van der Waals surface area contributed by atoms with E-state index in [2.05, 4.69) is 10.6 Å². The summed E-state index contributed by atoms with van der Waals surface area (Å²) in [6.45, 7) is 9.21. The number of hydrogen-bond acceptors (Lipinski definition) is 5. The van der Waals surface area contributed by atoms with Gasteiger partial charge in [-0.2, -0.15) is 0 Å². The van der Waals surface area contributed by atoms with Crippen LogP contribution in [0.1, 0.15) is 53.9 Å². The van der Waals surface area contributed by atoms with Gasteiger partial charge < -0.3 is 26.4 Å². The molecule has 1 rings (SSSR count). The largest absolute Gasteiger partial charge is 0.480 e. The summed E-state index contributed by atoms with van der Waals surface area (Å²) in [5, 5.41) is 14.6. The molecule has 9 nitrogen and oxygen atoms in total. The number of nitrogens with two attached hydrogens (primary N) is 1. The van der Waals surface area contributed by atoms with Crippen molar-refractivity contribution in [3.63, 3.8) is 0 Å². The maximum Gasteiger partial charge on any atom is 0.326 e. The molecule has 0 bridgehead atoms. The summed E-state index contributed by atoms with van der Waals surface area (Å²) in [6, 6.07) is -3.32. The minimum atomic E-state index is -1.04. The Hall–Kier alpha value is -2.16. The van der Waals surface area contributed by atoms with Crippen LogP contribution in [0.5, 0.6) is 0 Å². The average Bonchev–Trinajstić information content (AvgIpc) is 3.13. The second-order valence-electron chi connectivity index (χ2n) is 7.90. The number of nitrogens with one attached hydrogen (secondary N) is 2. The molecule has 5 atom stereocenters. The summed E-state index contributed by atoms with van der Waals surface area (Å²) in [4.78, 5) is 50.4. The number of aliphatic carboxylic acids is 1. The molecule has 1 saturated heterocycles. The Kier molecular flexibility index (Phi) is 8.87.